The highest BCUT2D eigenvalue weighted by atomic mass is 19.4. The molecule has 0 radical (unpaired) electrons. The molecule has 1 rings (SSSR count). The van der Waals surface area contributed by atoms with Gasteiger partial charge in [0.25, 0.3) is 6.43 Å². The Hall–Kier alpha value is -1.93. The van der Waals surface area contributed by atoms with E-state index in [-0.39, 0.29) is 12.7 Å². The summed E-state index contributed by atoms with van der Waals surface area (Å²) in [6.07, 6.45) is -8.53. The predicted molar refractivity (Wildman–Crippen MR) is 56.7 cm³/mol. The number of hydrogen-bond acceptors (Lipinski definition) is 4. The highest BCUT2D eigenvalue weighted by Crippen LogP contribution is 2.40. The summed E-state index contributed by atoms with van der Waals surface area (Å²) in [4.78, 5) is 14.7. The molecule has 0 fully saturated rings. The molecule has 112 valence electrons. The number of ether oxygens (including phenoxy) is 2. The fourth-order valence-corrected chi connectivity index (χ4v) is 1.44. The van der Waals surface area contributed by atoms with Gasteiger partial charge in [-0.15, -0.1) is 0 Å². The fraction of sp³-hybridized carbons (Fsp3) is 0.455. The van der Waals surface area contributed by atoms with Gasteiger partial charge in [0, 0.05) is 0 Å². The van der Waals surface area contributed by atoms with Gasteiger partial charge in [-0.3, -0.25) is 0 Å². The number of esters is 1. The third-order valence-corrected chi connectivity index (χ3v) is 2.23. The number of halogens is 5. The van der Waals surface area contributed by atoms with Crippen molar-refractivity contribution in [1.29, 1.82) is 0 Å². The van der Waals surface area contributed by atoms with Gasteiger partial charge in [-0.05, 0) is 13.0 Å². The Morgan fingerprint density at radius 1 is 1.40 bits per heavy atom. The molecule has 20 heavy (non-hydrogen) atoms. The number of carbonyl (C=O) groups excluding carboxylic acids is 1. The molecule has 4 nitrogen and oxygen atoms in total. The predicted octanol–water partition coefficient (Wildman–Crippen LogP) is 3.22. The zero-order valence-corrected chi connectivity index (χ0v) is 10.4. The van der Waals surface area contributed by atoms with Crippen molar-refractivity contribution in [1.82, 2.24) is 4.98 Å². The maximum Gasteiger partial charge on any atom is 0.417 e. The first-order chi connectivity index (χ1) is 9.22. The van der Waals surface area contributed by atoms with Crippen LogP contribution in [0.25, 0.3) is 0 Å². The van der Waals surface area contributed by atoms with E-state index in [1.54, 1.807) is 0 Å². The highest BCUT2D eigenvalue weighted by molar-refractivity contribution is 5.87. The molecule has 0 saturated carbocycles. The van der Waals surface area contributed by atoms with E-state index in [0.717, 1.165) is 7.11 Å². The van der Waals surface area contributed by atoms with Crippen molar-refractivity contribution in [2.45, 2.75) is 19.5 Å². The number of nitrogens with zero attached hydrogens (tertiary/aromatic N) is 1. The van der Waals surface area contributed by atoms with E-state index >= 15 is 0 Å². The number of alkyl halides is 5. The molecule has 0 aromatic carbocycles. The maximum atomic E-state index is 12.8. The molecule has 0 atom stereocenters. The molecule has 0 aliphatic heterocycles. The summed E-state index contributed by atoms with van der Waals surface area (Å²) in [5.41, 5.74) is -3.84. The van der Waals surface area contributed by atoms with Crippen molar-refractivity contribution in [3.05, 3.63) is 22.9 Å². The Balaban J connectivity index is 3.52. The Morgan fingerprint density at radius 3 is 2.40 bits per heavy atom. The first kappa shape index (κ1) is 16.1. The molecular weight excluding hydrogens is 289 g/mol. The minimum Gasteiger partial charge on any atom is -0.481 e. The minimum absolute atomic E-state index is 0.0964. The van der Waals surface area contributed by atoms with Crippen molar-refractivity contribution in [2.75, 3.05) is 13.7 Å². The second-order valence-corrected chi connectivity index (χ2v) is 3.50. The number of rotatable bonds is 4. The number of aromatic nitrogens is 1. The number of carbonyl (C=O) groups is 1. The molecule has 9 heteroatoms. The van der Waals surface area contributed by atoms with Gasteiger partial charge in [0.15, 0.2) is 5.69 Å². The monoisotopic (exact) mass is 299 g/mol. The summed E-state index contributed by atoms with van der Waals surface area (Å²) in [6, 6.07) is 0.224. The van der Waals surface area contributed by atoms with E-state index in [9.17, 15) is 26.7 Å². The lowest BCUT2D eigenvalue weighted by Gasteiger charge is -2.16. The third kappa shape index (κ3) is 3.34. The second-order valence-electron chi connectivity index (χ2n) is 3.50. The molecule has 1 heterocycles. The van der Waals surface area contributed by atoms with Crippen LogP contribution in [0.4, 0.5) is 22.0 Å². The van der Waals surface area contributed by atoms with Gasteiger partial charge in [-0.1, -0.05) is 0 Å². The SMILES string of the molecule is CCOC(=O)c1cc(C(F)(F)F)c(C(F)F)c(OC)n1. The standard InChI is InChI=1S/C11H10F5NO3/c1-3-20-10(18)6-4-5(11(14,15)16)7(8(12)13)9(17-6)19-2/h4,8H,3H2,1-2H3. The van der Waals surface area contributed by atoms with Gasteiger partial charge >= 0.3 is 12.1 Å². The normalized spacial score (nSPS) is 11.6. The van der Waals surface area contributed by atoms with E-state index in [0.29, 0.717) is 0 Å². The molecule has 0 bridgehead atoms. The van der Waals surface area contributed by atoms with Crippen molar-refractivity contribution < 1.29 is 36.2 Å². The van der Waals surface area contributed by atoms with Gasteiger partial charge in [-0.25, -0.2) is 18.6 Å². The van der Waals surface area contributed by atoms with Crippen LogP contribution in [-0.2, 0) is 10.9 Å². The smallest absolute Gasteiger partial charge is 0.417 e. The van der Waals surface area contributed by atoms with Gasteiger partial charge < -0.3 is 9.47 Å². The summed E-state index contributed by atoms with van der Waals surface area (Å²) < 4.78 is 72.8. The van der Waals surface area contributed by atoms with Crippen LogP contribution >= 0.6 is 0 Å². The highest BCUT2D eigenvalue weighted by Gasteiger charge is 2.39. The molecule has 0 N–H and O–H groups in total. The summed E-state index contributed by atoms with van der Waals surface area (Å²) in [6.45, 7) is 1.34. The average Bonchev–Trinajstić information content (AvgIpc) is 2.36. The molecular formula is C11H10F5NO3. The first-order valence-electron chi connectivity index (χ1n) is 5.33. The van der Waals surface area contributed by atoms with Crippen LogP contribution in [0.5, 0.6) is 5.88 Å². The van der Waals surface area contributed by atoms with Gasteiger partial charge in [0.1, 0.15) is 0 Å². The van der Waals surface area contributed by atoms with Crippen molar-refractivity contribution in [3.63, 3.8) is 0 Å². The Labute approximate surface area is 110 Å². The van der Waals surface area contributed by atoms with Crippen molar-refractivity contribution >= 4 is 5.97 Å². The Morgan fingerprint density at radius 2 is 2.00 bits per heavy atom. The van der Waals surface area contributed by atoms with Crippen LogP contribution in [0, 0.1) is 0 Å². The topological polar surface area (TPSA) is 48.4 Å². The van der Waals surface area contributed by atoms with Crippen LogP contribution in [0.2, 0.25) is 0 Å². The molecule has 0 aliphatic rings. The quantitative estimate of drug-likeness (QED) is 0.632. The Bertz CT molecular complexity index is 502. The number of methoxy groups -OCH3 is 1. The molecule has 0 aliphatic carbocycles. The summed E-state index contributed by atoms with van der Waals surface area (Å²) in [5.74, 6) is -2.12. The van der Waals surface area contributed by atoms with E-state index in [1.807, 2.05) is 0 Å². The summed E-state index contributed by atoms with van der Waals surface area (Å²) in [5, 5.41) is 0. The number of hydrogen-bond donors (Lipinski definition) is 0. The molecule has 0 unspecified atom stereocenters. The third-order valence-electron chi connectivity index (χ3n) is 2.23. The minimum atomic E-state index is -5.08. The van der Waals surface area contributed by atoms with Gasteiger partial charge in [0.05, 0.1) is 24.8 Å². The van der Waals surface area contributed by atoms with Crippen molar-refractivity contribution in [2.24, 2.45) is 0 Å². The van der Waals surface area contributed by atoms with E-state index < -0.39 is 41.3 Å². The average molecular weight is 299 g/mol. The van der Waals surface area contributed by atoms with E-state index in [2.05, 4.69) is 14.5 Å². The summed E-state index contributed by atoms with van der Waals surface area (Å²) >= 11 is 0. The number of pyridine rings is 1. The van der Waals surface area contributed by atoms with Gasteiger partial charge in [0.2, 0.25) is 5.88 Å². The lowest BCUT2D eigenvalue weighted by Crippen LogP contribution is -2.16. The zero-order chi connectivity index (χ0) is 15.5. The molecule has 1 aromatic rings. The van der Waals surface area contributed by atoms with Crippen LogP contribution in [0.3, 0.4) is 0 Å². The van der Waals surface area contributed by atoms with Gasteiger partial charge in [-0.2, -0.15) is 13.2 Å². The lowest BCUT2D eigenvalue weighted by molar-refractivity contribution is -0.139. The largest absolute Gasteiger partial charge is 0.481 e. The fourth-order valence-electron chi connectivity index (χ4n) is 1.44. The molecule has 0 saturated heterocycles. The van der Waals surface area contributed by atoms with Crippen molar-refractivity contribution in [3.8, 4) is 5.88 Å². The van der Waals surface area contributed by atoms with Crippen LogP contribution in [0.15, 0.2) is 6.07 Å². The van der Waals surface area contributed by atoms with Crippen LogP contribution in [-0.4, -0.2) is 24.7 Å². The van der Waals surface area contributed by atoms with Crippen LogP contribution in [0.1, 0.15) is 35.0 Å². The molecule has 0 spiro atoms. The summed E-state index contributed by atoms with van der Waals surface area (Å²) in [7, 11) is 0.878. The lowest BCUT2D eigenvalue weighted by atomic mass is 10.1. The first-order valence-corrected chi connectivity index (χ1v) is 5.33. The molecule has 1 aromatic heterocycles. The maximum absolute atomic E-state index is 12.8. The molecule has 0 amide bonds. The zero-order valence-electron chi connectivity index (χ0n) is 10.4. The second kappa shape index (κ2) is 6.02. The van der Waals surface area contributed by atoms with E-state index in [1.165, 1.54) is 6.92 Å². The Kier molecular flexibility index (Phi) is 4.85. The van der Waals surface area contributed by atoms with E-state index in [4.69, 9.17) is 0 Å². The van der Waals surface area contributed by atoms with Crippen LogP contribution < -0.4 is 4.74 Å².